The first-order valence-corrected chi connectivity index (χ1v) is 4.64. The van der Waals surface area contributed by atoms with E-state index in [0.717, 1.165) is 24.4 Å². The van der Waals surface area contributed by atoms with E-state index in [1.165, 1.54) is 0 Å². The van der Waals surface area contributed by atoms with Crippen LogP contribution in [0.4, 0.5) is 0 Å². The molecule has 0 radical (unpaired) electrons. The van der Waals surface area contributed by atoms with Gasteiger partial charge in [0.05, 0.1) is 6.54 Å². The number of amides is 1. The van der Waals surface area contributed by atoms with Gasteiger partial charge < -0.3 is 0 Å². The molecule has 0 aromatic heterocycles. The molecule has 2 fully saturated rings. The maximum atomic E-state index is 11.3. The zero-order valence-corrected chi connectivity index (χ0v) is 7.73. The number of likely N-dealkylation sites (N-methyl/N-ethyl adjacent to an activating group) is 1. The number of rotatable bonds is 0. The number of fused-ring (bicyclic) bond motifs is 1. The highest BCUT2D eigenvalue weighted by molar-refractivity contribution is 5.78. The van der Waals surface area contributed by atoms with Crippen molar-refractivity contribution in [3.8, 4) is 0 Å². The number of carbonyl (C=O) groups is 1. The Morgan fingerprint density at radius 2 is 2.38 bits per heavy atom. The van der Waals surface area contributed by atoms with Crippen molar-refractivity contribution in [3.05, 3.63) is 0 Å². The molecule has 2 N–H and O–H groups in total. The molecular formula is C8H15N3O2. The number of nitrogens with one attached hydrogen (secondary N) is 1. The lowest BCUT2D eigenvalue weighted by Crippen LogP contribution is -2.66. The van der Waals surface area contributed by atoms with E-state index < -0.39 is 0 Å². The van der Waals surface area contributed by atoms with E-state index in [2.05, 4.69) is 5.32 Å². The van der Waals surface area contributed by atoms with Crippen LogP contribution in [0.15, 0.2) is 0 Å². The molecule has 5 nitrogen and oxygen atoms in total. The minimum atomic E-state index is -0.224. The Morgan fingerprint density at radius 3 is 3.15 bits per heavy atom. The highest BCUT2D eigenvalue weighted by Crippen LogP contribution is 2.20. The third-order valence-electron chi connectivity index (χ3n) is 2.86. The maximum Gasteiger partial charge on any atom is 0.261 e. The van der Waals surface area contributed by atoms with Crippen LogP contribution < -0.4 is 5.32 Å². The minimum absolute atomic E-state index is 0.208. The second-order valence-corrected chi connectivity index (χ2v) is 3.76. The lowest BCUT2D eigenvalue weighted by Gasteiger charge is -2.45. The van der Waals surface area contributed by atoms with Crippen molar-refractivity contribution in [2.45, 2.75) is 25.0 Å². The Balaban J connectivity index is 2.14. The quantitative estimate of drug-likeness (QED) is 0.486. The molecule has 2 heterocycles. The summed E-state index contributed by atoms with van der Waals surface area (Å²) >= 11 is 0. The molecule has 2 aliphatic heterocycles. The molecule has 2 unspecified atom stereocenters. The number of nitrogens with zero attached hydrogens (tertiary/aromatic N) is 2. The van der Waals surface area contributed by atoms with E-state index in [9.17, 15) is 10.0 Å². The van der Waals surface area contributed by atoms with Crippen molar-refractivity contribution >= 4 is 5.91 Å². The van der Waals surface area contributed by atoms with Gasteiger partial charge >= 0.3 is 0 Å². The Kier molecular flexibility index (Phi) is 2.23. The Morgan fingerprint density at radius 1 is 1.62 bits per heavy atom. The predicted molar refractivity (Wildman–Crippen MR) is 46.1 cm³/mol. The van der Waals surface area contributed by atoms with E-state index in [0.29, 0.717) is 6.54 Å². The van der Waals surface area contributed by atoms with E-state index >= 15 is 0 Å². The fraction of sp³-hybridized carbons (Fsp3) is 0.875. The largest absolute Gasteiger partial charge is 0.294 e. The fourth-order valence-electron chi connectivity index (χ4n) is 2.12. The van der Waals surface area contributed by atoms with Crippen LogP contribution in [0.1, 0.15) is 12.8 Å². The van der Waals surface area contributed by atoms with E-state index in [4.69, 9.17) is 0 Å². The van der Waals surface area contributed by atoms with E-state index in [-0.39, 0.29) is 18.1 Å². The van der Waals surface area contributed by atoms with Crippen molar-refractivity contribution in [2.75, 3.05) is 20.1 Å². The van der Waals surface area contributed by atoms with E-state index in [1.807, 2.05) is 11.9 Å². The van der Waals surface area contributed by atoms with Gasteiger partial charge in [0.25, 0.3) is 5.91 Å². The summed E-state index contributed by atoms with van der Waals surface area (Å²) in [7, 11) is 1.93. The first-order chi connectivity index (χ1) is 6.20. The van der Waals surface area contributed by atoms with Gasteiger partial charge in [0.1, 0.15) is 6.17 Å². The summed E-state index contributed by atoms with van der Waals surface area (Å²) < 4.78 is 0. The number of hydrogen-bond donors (Lipinski definition) is 2. The molecule has 0 bridgehead atoms. The molecule has 2 aliphatic rings. The monoisotopic (exact) mass is 185 g/mol. The Hall–Kier alpha value is -0.650. The second-order valence-electron chi connectivity index (χ2n) is 3.76. The Bertz CT molecular complexity index is 221. The van der Waals surface area contributed by atoms with Crippen LogP contribution in [-0.2, 0) is 4.79 Å². The number of hydroxylamine groups is 2. The highest BCUT2D eigenvalue weighted by Gasteiger charge is 2.39. The van der Waals surface area contributed by atoms with Crippen LogP contribution in [0.5, 0.6) is 0 Å². The van der Waals surface area contributed by atoms with Gasteiger partial charge in [-0.05, 0) is 26.4 Å². The van der Waals surface area contributed by atoms with Gasteiger partial charge in [0, 0.05) is 6.04 Å². The molecule has 0 aliphatic carbocycles. The van der Waals surface area contributed by atoms with Gasteiger partial charge in [0.15, 0.2) is 0 Å². The summed E-state index contributed by atoms with van der Waals surface area (Å²) in [5.74, 6) is -0.224. The lowest BCUT2D eigenvalue weighted by molar-refractivity contribution is -0.201. The SMILES string of the molecule is CN1CC(=O)N(O)C2NCCCC21. The van der Waals surface area contributed by atoms with Crippen molar-refractivity contribution < 1.29 is 10.0 Å². The van der Waals surface area contributed by atoms with Crippen LogP contribution in [0.3, 0.4) is 0 Å². The average Bonchev–Trinajstić information content (AvgIpc) is 2.15. The van der Waals surface area contributed by atoms with Crippen LogP contribution in [0.25, 0.3) is 0 Å². The Labute approximate surface area is 77.3 Å². The van der Waals surface area contributed by atoms with Gasteiger partial charge in [0.2, 0.25) is 0 Å². The van der Waals surface area contributed by atoms with Crippen molar-refractivity contribution in [2.24, 2.45) is 0 Å². The summed E-state index contributed by atoms with van der Waals surface area (Å²) in [5.41, 5.74) is 0. The molecule has 0 saturated carbocycles. The maximum absolute atomic E-state index is 11.3. The zero-order valence-electron chi connectivity index (χ0n) is 7.73. The smallest absolute Gasteiger partial charge is 0.261 e. The van der Waals surface area contributed by atoms with Crippen molar-refractivity contribution in [3.63, 3.8) is 0 Å². The van der Waals surface area contributed by atoms with Gasteiger partial charge in [-0.1, -0.05) is 0 Å². The summed E-state index contributed by atoms with van der Waals surface area (Å²) in [6.07, 6.45) is 1.94. The number of carbonyl (C=O) groups excluding carboxylic acids is 1. The summed E-state index contributed by atoms with van der Waals surface area (Å²) in [5, 5.41) is 13.5. The van der Waals surface area contributed by atoms with Gasteiger partial charge in [-0.3, -0.25) is 20.2 Å². The number of piperazine rings is 1. The van der Waals surface area contributed by atoms with E-state index in [1.54, 1.807) is 0 Å². The third kappa shape index (κ3) is 1.43. The average molecular weight is 185 g/mol. The molecule has 13 heavy (non-hydrogen) atoms. The molecule has 0 spiro atoms. The topological polar surface area (TPSA) is 55.8 Å². The molecule has 0 aromatic rings. The minimum Gasteiger partial charge on any atom is -0.294 e. The number of piperidine rings is 1. The van der Waals surface area contributed by atoms with Gasteiger partial charge in [-0.2, -0.15) is 0 Å². The lowest BCUT2D eigenvalue weighted by atomic mass is 10.0. The standard InChI is InChI=1S/C8H15N3O2/c1-10-5-7(12)11(13)8-6(10)3-2-4-9-8/h6,8-9,13H,2-5H2,1H3. The fourth-order valence-corrected chi connectivity index (χ4v) is 2.12. The third-order valence-corrected chi connectivity index (χ3v) is 2.86. The molecule has 0 aromatic carbocycles. The molecule has 1 amide bonds. The highest BCUT2D eigenvalue weighted by atomic mass is 16.5. The van der Waals surface area contributed by atoms with Crippen LogP contribution in [-0.4, -0.2) is 53.4 Å². The first kappa shape index (κ1) is 8.93. The normalized spacial score (nSPS) is 36.2. The zero-order chi connectivity index (χ0) is 9.42. The van der Waals surface area contributed by atoms with Gasteiger partial charge in [-0.25, -0.2) is 5.06 Å². The van der Waals surface area contributed by atoms with Crippen molar-refractivity contribution in [1.82, 2.24) is 15.3 Å². The summed E-state index contributed by atoms with van der Waals surface area (Å²) in [6.45, 7) is 1.19. The molecular weight excluding hydrogens is 170 g/mol. The predicted octanol–water partition coefficient (Wildman–Crippen LogP) is -0.772. The molecule has 74 valence electrons. The molecule has 5 heteroatoms. The number of hydrogen-bond acceptors (Lipinski definition) is 4. The molecule has 2 saturated heterocycles. The first-order valence-electron chi connectivity index (χ1n) is 4.64. The van der Waals surface area contributed by atoms with Gasteiger partial charge in [-0.15, -0.1) is 0 Å². The molecule has 2 rings (SSSR count). The van der Waals surface area contributed by atoms with Crippen LogP contribution in [0.2, 0.25) is 0 Å². The van der Waals surface area contributed by atoms with Crippen LogP contribution >= 0.6 is 0 Å². The second kappa shape index (κ2) is 3.25. The summed E-state index contributed by atoms with van der Waals surface area (Å²) in [6, 6.07) is 0.261. The van der Waals surface area contributed by atoms with Crippen LogP contribution in [0, 0.1) is 0 Å². The summed E-state index contributed by atoms with van der Waals surface area (Å²) in [4.78, 5) is 13.3. The van der Waals surface area contributed by atoms with Crippen molar-refractivity contribution in [1.29, 1.82) is 0 Å². The molecule has 2 atom stereocenters.